The Hall–Kier alpha value is -1.63. The Morgan fingerprint density at radius 1 is 1.16 bits per heavy atom. The van der Waals surface area contributed by atoms with E-state index in [0.717, 1.165) is 5.65 Å². The average molecular weight is 391 g/mol. The second-order valence-electron chi connectivity index (χ2n) is 5.62. The number of rotatable bonds is 4. The van der Waals surface area contributed by atoms with Crippen LogP contribution in [0.15, 0.2) is 48.8 Å². The zero-order chi connectivity index (χ0) is 17.2. The van der Waals surface area contributed by atoms with Crippen molar-refractivity contribution in [1.82, 2.24) is 9.38 Å². The van der Waals surface area contributed by atoms with Gasteiger partial charge in [0.05, 0.1) is 20.9 Å². The molecule has 2 aromatic heterocycles. The first-order chi connectivity index (χ1) is 12.2. The van der Waals surface area contributed by atoms with Gasteiger partial charge in [-0.15, -0.1) is 23.5 Å². The molecular weight excluding hydrogens is 376 g/mol. The van der Waals surface area contributed by atoms with Crippen molar-refractivity contribution in [3.05, 3.63) is 70.6 Å². The van der Waals surface area contributed by atoms with Crippen molar-refractivity contribution in [3.63, 3.8) is 0 Å². The van der Waals surface area contributed by atoms with Crippen molar-refractivity contribution in [1.29, 1.82) is 0 Å². The number of esters is 1. The standard InChI is InChI=1S/C18H15ClN2O2S2/c19-14-5-6-16-20-15(10-21(16)9-14)11-23-17(22)12-1-3-13(4-2-12)18-24-7-8-25-18/h1-6,9-10,18H,7-8,11H2. The number of carbonyl (C=O) groups is 1. The zero-order valence-electron chi connectivity index (χ0n) is 13.2. The maximum absolute atomic E-state index is 12.2. The van der Waals surface area contributed by atoms with Crippen LogP contribution in [0.3, 0.4) is 0 Å². The molecule has 0 unspecified atom stereocenters. The van der Waals surface area contributed by atoms with Crippen molar-refractivity contribution in [2.75, 3.05) is 11.5 Å². The minimum Gasteiger partial charge on any atom is -0.456 e. The van der Waals surface area contributed by atoms with Crippen LogP contribution in [0.2, 0.25) is 5.02 Å². The fourth-order valence-electron chi connectivity index (χ4n) is 2.64. The molecule has 0 amide bonds. The lowest BCUT2D eigenvalue weighted by Gasteiger charge is -2.09. The molecule has 7 heteroatoms. The number of halogens is 1. The Morgan fingerprint density at radius 2 is 1.92 bits per heavy atom. The lowest BCUT2D eigenvalue weighted by molar-refractivity contribution is 0.0468. The molecule has 0 spiro atoms. The lowest BCUT2D eigenvalue weighted by Crippen LogP contribution is -2.05. The van der Waals surface area contributed by atoms with Gasteiger partial charge in [0.1, 0.15) is 12.3 Å². The van der Waals surface area contributed by atoms with E-state index in [-0.39, 0.29) is 12.6 Å². The summed E-state index contributed by atoms with van der Waals surface area (Å²) in [5.74, 6) is 2.03. The normalized spacial score (nSPS) is 14.9. The molecule has 0 saturated carbocycles. The fourth-order valence-corrected chi connectivity index (χ4v) is 5.66. The topological polar surface area (TPSA) is 43.6 Å². The summed E-state index contributed by atoms with van der Waals surface area (Å²) in [6.45, 7) is 0.133. The summed E-state index contributed by atoms with van der Waals surface area (Å²) < 4.78 is 7.68. The van der Waals surface area contributed by atoms with Crippen molar-refractivity contribution in [3.8, 4) is 0 Å². The van der Waals surface area contributed by atoms with Crippen LogP contribution in [-0.2, 0) is 11.3 Å². The van der Waals surface area contributed by atoms with E-state index < -0.39 is 0 Å². The number of nitrogens with zero attached hydrogens (tertiary/aromatic N) is 2. The first-order valence-corrected chi connectivity index (χ1v) is 10.3. The van der Waals surface area contributed by atoms with Gasteiger partial charge in [-0.05, 0) is 29.8 Å². The van der Waals surface area contributed by atoms with Crippen molar-refractivity contribution < 1.29 is 9.53 Å². The highest BCUT2D eigenvalue weighted by atomic mass is 35.5. The number of carbonyl (C=O) groups excluding carboxylic acids is 1. The van der Waals surface area contributed by atoms with Gasteiger partial charge in [0.2, 0.25) is 0 Å². The molecule has 1 aliphatic rings. The molecule has 0 atom stereocenters. The molecule has 25 heavy (non-hydrogen) atoms. The SMILES string of the molecule is O=C(OCc1cn2cc(Cl)ccc2n1)c1ccc(C2SCCS2)cc1. The van der Waals surface area contributed by atoms with Crippen molar-refractivity contribution in [2.45, 2.75) is 11.2 Å². The largest absolute Gasteiger partial charge is 0.456 e. The molecule has 1 aromatic carbocycles. The Bertz CT molecular complexity index is 905. The summed E-state index contributed by atoms with van der Waals surface area (Å²) >= 11 is 9.85. The summed E-state index contributed by atoms with van der Waals surface area (Å²) in [5.41, 5.74) is 3.27. The van der Waals surface area contributed by atoms with Gasteiger partial charge >= 0.3 is 5.97 Å². The Morgan fingerprint density at radius 3 is 2.68 bits per heavy atom. The first-order valence-electron chi connectivity index (χ1n) is 7.82. The van der Waals surface area contributed by atoms with Gasteiger partial charge in [0.25, 0.3) is 0 Å². The number of pyridine rings is 1. The predicted octanol–water partition coefficient (Wildman–Crippen LogP) is 4.82. The van der Waals surface area contributed by atoms with E-state index in [9.17, 15) is 4.79 Å². The molecule has 128 valence electrons. The molecule has 1 fully saturated rings. The molecule has 0 bridgehead atoms. The minimum absolute atomic E-state index is 0.133. The average Bonchev–Trinajstić information content (AvgIpc) is 3.29. The number of hydrogen-bond donors (Lipinski definition) is 0. The molecule has 3 heterocycles. The zero-order valence-corrected chi connectivity index (χ0v) is 15.6. The maximum atomic E-state index is 12.2. The molecule has 0 radical (unpaired) electrons. The maximum Gasteiger partial charge on any atom is 0.338 e. The van der Waals surface area contributed by atoms with Gasteiger partial charge in [-0.2, -0.15) is 0 Å². The number of aromatic nitrogens is 2. The lowest BCUT2D eigenvalue weighted by atomic mass is 10.1. The molecule has 4 nitrogen and oxygen atoms in total. The number of hydrogen-bond acceptors (Lipinski definition) is 5. The molecule has 0 aliphatic carbocycles. The summed E-state index contributed by atoms with van der Waals surface area (Å²) in [5, 5.41) is 0.632. The van der Waals surface area contributed by atoms with Crippen LogP contribution in [0.25, 0.3) is 5.65 Å². The Balaban J connectivity index is 1.40. The summed E-state index contributed by atoms with van der Waals surface area (Å²) in [6.07, 6.45) is 3.58. The van der Waals surface area contributed by atoms with Crippen LogP contribution in [0.5, 0.6) is 0 Å². The van der Waals surface area contributed by atoms with Crippen LogP contribution in [0, 0.1) is 0 Å². The third-order valence-corrected chi connectivity index (χ3v) is 7.18. The number of thioether (sulfide) groups is 2. The molecular formula is C18H15ClN2O2S2. The monoisotopic (exact) mass is 390 g/mol. The van der Waals surface area contributed by atoms with Gasteiger partial charge in [-0.25, -0.2) is 9.78 Å². The van der Waals surface area contributed by atoms with Crippen molar-refractivity contribution >= 4 is 46.7 Å². The predicted molar refractivity (Wildman–Crippen MR) is 103 cm³/mol. The van der Waals surface area contributed by atoms with E-state index in [4.69, 9.17) is 16.3 Å². The quantitative estimate of drug-likeness (QED) is 0.597. The number of ether oxygens (including phenoxy) is 1. The summed E-state index contributed by atoms with van der Waals surface area (Å²) in [4.78, 5) is 16.6. The Labute approximate surface area is 158 Å². The van der Waals surface area contributed by atoms with E-state index in [1.54, 1.807) is 12.3 Å². The summed E-state index contributed by atoms with van der Waals surface area (Å²) in [7, 11) is 0. The van der Waals surface area contributed by atoms with Crippen molar-refractivity contribution in [2.24, 2.45) is 0 Å². The van der Waals surface area contributed by atoms with Crippen LogP contribution in [0.1, 0.15) is 26.2 Å². The number of fused-ring (bicyclic) bond motifs is 1. The fraction of sp³-hybridized carbons (Fsp3) is 0.222. The van der Waals surface area contributed by atoms with Crippen LogP contribution in [0.4, 0.5) is 0 Å². The van der Waals surface area contributed by atoms with Gasteiger partial charge in [0, 0.05) is 23.9 Å². The van der Waals surface area contributed by atoms with Gasteiger partial charge in [-0.1, -0.05) is 23.7 Å². The Kier molecular flexibility index (Phi) is 4.92. The van der Waals surface area contributed by atoms with Crippen LogP contribution < -0.4 is 0 Å². The van der Waals surface area contributed by atoms with Crippen LogP contribution >= 0.6 is 35.1 Å². The second kappa shape index (κ2) is 7.32. The summed E-state index contributed by atoms with van der Waals surface area (Å²) in [6, 6.07) is 11.3. The van der Waals surface area contributed by atoms with E-state index in [2.05, 4.69) is 4.98 Å². The smallest absolute Gasteiger partial charge is 0.338 e. The molecule has 0 N–H and O–H groups in total. The molecule has 1 saturated heterocycles. The van der Waals surface area contributed by atoms with E-state index in [0.29, 0.717) is 20.9 Å². The molecule has 3 aromatic rings. The highest BCUT2D eigenvalue weighted by molar-refractivity contribution is 8.19. The third kappa shape index (κ3) is 3.81. The highest BCUT2D eigenvalue weighted by Gasteiger charge is 2.18. The van der Waals surface area contributed by atoms with Gasteiger partial charge < -0.3 is 9.14 Å². The van der Waals surface area contributed by atoms with E-state index in [1.165, 1.54) is 17.1 Å². The molecule has 1 aliphatic heterocycles. The third-order valence-electron chi connectivity index (χ3n) is 3.86. The highest BCUT2D eigenvalue weighted by Crippen LogP contribution is 2.45. The van der Waals surface area contributed by atoms with E-state index >= 15 is 0 Å². The van der Waals surface area contributed by atoms with Gasteiger partial charge in [0.15, 0.2) is 0 Å². The molecule has 4 rings (SSSR count). The second-order valence-corrected chi connectivity index (χ2v) is 8.78. The van der Waals surface area contributed by atoms with E-state index in [1.807, 2.05) is 64.5 Å². The minimum atomic E-state index is -0.339. The van der Waals surface area contributed by atoms with Gasteiger partial charge in [-0.3, -0.25) is 0 Å². The van der Waals surface area contributed by atoms with Crippen LogP contribution in [-0.4, -0.2) is 26.9 Å². The number of imidazole rings is 1. The number of benzene rings is 1. The first kappa shape index (κ1) is 16.8.